The first kappa shape index (κ1) is 19.6. The molecule has 0 aromatic heterocycles. The van der Waals surface area contributed by atoms with E-state index >= 15 is 0 Å². The summed E-state index contributed by atoms with van der Waals surface area (Å²) < 4.78 is 25.0. The lowest BCUT2D eigenvalue weighted by Gasteiger charge is -2.25. The van der Waals surface area contributed by atoms with Gasteiger partial charge < -0.3 is 0 Å². The highest BCUT2D eigenvalue weighted by molar-refractivity contribution is 7.91. The summed E-state index contributed by atoms with van der Waals surface area (Å²) in [7, 11) is -3.52. The number of sulfone groups is 1. The number of para-hydroxylation sites is 2. The number of nitrogens with zero attached hydrogens (tertiary/aromatic N) is 1. The Labute approximate surface area is 165 Å². The Morgan fingerprint density at radius 3 is 1.82 bits per heavy atom. The lowest BCUT2D eigenvalue weighted by Crippen LogP contribution is -2.39. The molecular weight excluding hydrogens is 372 g/mol. The van der Waals surface area contributed by atoms with Gasteiger partial charge in [0.1, 0.15) is 0 Å². The van der Waals surface area contributed by atoms with Gasteiger partial charge in [0.05, 0.1) is 22.0 Å². The Balaban J connectivity index is 1.71. The van der Waals surface area contributed by atoms with Crippen molar-refractivity contribution in [2.24, 2.45) is 0 Å². The Hall–Kier alpha value is -3.12. The Kier molecular flexibility index (Phi) is 6.11. The molecule has 0 aliphatic rings. The highest BCUT2D eigenvalue weighted by atomic mass is 32.2. The molecule has 0 aliphatic heterocycles. The van der Waals surface area contributed by atoms with Crippen molar-refractivity contribution in [3.8, 4) is 0 Å². The molecule has 28 heavy (non-hydrogen) atoms. The summed E-state index contributed by atoms with van der Waals surface area (Å²) in [5.41, 5.74) is 5.36. The summed E-state index contributed by atoms with van der Waals surface area (Å²) in [4.78, 5) is 12.7. The molecule has 3 rings (SSSR count). The van der Waals surface area contributed by atoms with E-state index in [0.29, 0.717) is 0 Å². The van der Waals surface area contributed by atoms with Crippen LogP contribution in [0.25, 0.3) is 0 Å². The predicted molar refractivity (Wildman–Crippen MR) is 111 cm³/mol. The molecule has 1 N–H and O–H groups in total. The summed E-state index contributed by atoms with van der Waals surface area (Å²) in [6, 6.07) is 25.4. The average Bonchev–Trinajstić information content (AvgIpc) is 2.72. The van der Waals surface area contributed by atoms with Crippen LogP contribution in [-0.2, 0) is 14.6 Å². The number of carbonyl (C=O) groups excluding carboxylic acids is 1. The number of amides is 1. The van der Waals surface area contributed by atoms with Crippen molar-refractivity contribution in [2.75, 3.05) is 10.8 Å². The van der Waals surface area contributed by atoms with Crippen LogP contribution in [0.5, 0.6) is 0 Å². The van der Waals surface area contributed by atoms with Crippen LogP contribution in [0.2, 0.25) is 0 Å². The molecule has 3 aromatic rings. The minimum Gasteiger partial charge on any atom is -0.273 e. The molecule has 0 saturated carbocycles. The molecular formula is C22H22N2O3S. The number of hydrogen-bond donors (Lipinski definition) is 1. The SMILES string of the molecule is Cc1ccc(S(=O)(=O)CCC(=O)NN(c2ccccc2)c2ccccc2)cc1. The van der Waals surface area contributed by atoms with Gasteiger partial charge in [0, 0.05) is 6.42 Å². The van der Waals surface area contributed by atoms with Crippen molar-refractivity contribution in [3.63, 3.8) is 0 Å². The summed E-state index contributed by atoms with van der Waals surface area (Å²) in [5, 5.41) is 1.65. The monoisotopic (exact) mass is 394 g/mol. The minimum absolute atomic E-state index is 0.133. The fraction of sp³-hybridized carbons (Fsp3) is 0.136. The van der Waals surface area contributed by atoms with E-state index in [-0.39, 0.29) is 23.0 Å². The Morgan fingerprint density at radius 1 is 0.821 bits per heavy atom. The summed E-state index contributed by atoms with van der Waals surface area (Å²) in [6.45, 7) is 1.89. The molecule has 6 heteroatoms. The third-order valence-electron chi connectivity index (χ3n) is 4.24. The standard InChI is InChI=1S/C22H22N2O3S/c1-18-12-14-21(15-13-18)28(26,27)17-16-22(25)23-24(19-8-4-2-5-9-19)20-10-6-3-7-11-20/h2-15H,16-17H2,1H3,(H,23,25). The van der Waals surface area contributed by atoms with Gasteiger partial charge in [0.25, 0.3) is 0 Å². The molecule has 0 saturated heterocycles. The van der Waals surface area contributed by atoms with Crippen molar-refractivity contribution < 1.29 is 13.2 Å². The number of nitrogens with one attached hydrogen (secondary N) is 1. The molecule has 0 heterocycles. The van der Waals surface area contributed by atoms with Gasteiger partial charge >= 0.3 is 0 Å². The second-order valence-corrected chi connectivity index (χ2v) is 8.53. The second kappa shape index (κ2) is 8.71. The molecule has 0 bridgehead atoms. The number of carbonyl (C=O) groups is 1. The van der Waals surface area contributed by atoms with Crippen LogP contribution in [0.1, 0.15) is 12.0 Å². The Bertz CT molecular complexity index is 979. The molecule has 0 atom stereocenters. The third kappa shape index (κ3) is 4.98. The second-order valence-electron chi connectivity index (χ2n) is 6.42. The number of hydrogen-bond acceptors (Lipinski definition) is 4. The van der Waals surface area contributed by atoms with Crippen molar-refractivity contribution in [2.45, 2.75) is 18.2 Å². The topological polar surface area (TPSA) is 66.5 Å². The van der Waals surface area contributed by atoms with Crippen molar-refractivity contribution >= 4 is 27.1 Å². The molecule has 0 spiro atoms. The molecule has 1 amide bonds. The highest BCUT2D eigenvalue weighted by Crippen LogP contribution is 2.22. The van der Waals surface area contributed by atoms with E-state index in [4.69, 9.17) is 0 Å². The lowest BCUT2D eigenvalue weighted by molar-refractivity contribution is -0.120. The summed E-state index contributed by atoms with van der Waals surface area (Å²) in [5.74, 6) is -0.623. The largest absolute Gasteiger partial charge is 0.273 e. The van der Waals surface area contributed by atoms with E-state index in [2.05, 4.69) is 5.43 Å². The van der Waals surface area contributed by atoms with Crippen LogP contribution in [0.4, 0.5) is 11.4 Å². The summed E-state index contributed by atoms with van der Waals surface area (Å²) >= 11 is 0. The van der Waals surface area contributed by atoms with Gasteiger partial charge in [-0.1, -0.05) is 54.1 Å². The van der Waals surface area contributed by atoms with E-state index in [9.17, 15) is 13.2 Å². The van der Waals surface area contributed by atoms with Crippen LogP contribution in [-0.4, -0.2) is 20.1 Å². The van der Waals surface area contributed by atoms with Gasteiger partial charge in [-0.15, -0.1) is 0 Å². The average molecular weight is 394 g/mol. The molecule has 0 radical (unpaired) electrons. The van der Waals surface area contributed by atoms with Crippen LogP contribution in [0.3, 0.4) is 0 Å². The first-order chi connectivity index (χ1) is 13.5. The van der Waals surface area contributed by atoms with Crippen LogP contribution < -0.4 is 10.4 Å². The number of rotatable bonds is 7. The maximum atomic E-state index is 12.5. The maximum absolute atomic E-state index is 12.5. The normalized spacial score (nSPS) is 11.0. The van der Waals surface area contributed by atoms with Crippen molar-refractivity contribution in [1.82, 2.24) is 5.43 Å². The van der Waals surface area contributed by atoms with E-state index in [1.54, 1.807) is 29.3 Å². The molecule has 144 valence electrons. The quantitative estimate of drug-likeness (QED) is 0.615. The number of anilines is 2. The molecule has 0 fully saturated rings. The molecule has 0 aliphatic carbocycles. The zero-order valence-corrected chi connectivity index (χ0v) is 16.4. The minimum atomic E-state index is -3.52. The maximum Gasteiger partial charge on any atom is 0.239 e. The number of aryl methyl sites for hydroxylation is 1. The van der Waals surface area contributed by atoms with Gasteiger partial charge in [0.15, 0.2) is 9.84 Å². The number of benzene rings is 3. The van der Waals surface area contributed by atoms with Gasteiger partial charge in [-0.3, -0.25) is 15.2 Å². The zero-order chi connectivity index (χ0) is 20.0. The van der Waals surface area contributed by atoms with Crippen LogP contribution in [0, 0.1) is 6.92 Å². The summed E-state index contributed by atoms with van der Waals surface area (Å²) in [6.07, 6.45) is -0.133. The Morgan fingerprint density at radius 2 is 1.32 bits per heavy atom. The molecule has 3 aromatic carbocycles. The van der Waals surface area contributed by atoms with E-state index in [0.717, 1.165) is 16.9 Å². The van der Waals surface area contributed by atoms with Gasteiger partial charge in [-0.2, -0.15) is 0 Å². The van der Waals surface area contributed by atoms with Gasteiger partial charge in [-0.05, 0) is 43.3 Å². The van der Waals surface area contributed by atoms with E-state index in [1.807, 2.05) is 67.6 Å². The predicted octanol–water partition coefficient (Wildman–Crippen LogP) is 4.03. The van der Waals surface area contributed by atoms with Gasteiger partial charge in [0.2, 0.25) is 5.91 Å². The first-order valence-corrected chi connectivity index (χ1v) is 10.6. The molecule has 5 nitrogen and oxygen atoms in total. The zero-order valence-electron chi connectivity index (χ0n) is 15.6. The lowest BCUT2D eigenvalue weighted by atomic mass is 10.2. The smallest absolute Gasteiger partial charge is 0.239 e. The van der Waals surface area contributed by atoms with Crippen LogP contribution in [0.15, 0.2) is 89.8 Å². The highest BCUT2D eigenvalue weighted by Gasteiger charge is 2.18. The number of hydrazine groups is 1. The van der Waals surface area contributed by atoms with E-state index < -0.39 is 9.84 Å². The van der Waals surface area contributed by atoms with Crippen molar-refractivity contribution in [3.05, 3.63) is 90.5 Å². The van der Waals surface area contributed by atoms with Crippen LogP contribution >= 0.6 is 0 Å². The van der Waals surface area contributed by atoms with Gasteiger partial charge in [-0.25, -0.2) is 8.42 Å². The van der Waals surface area contributed by atoms with E-state index in [1.165, 1.54) is 0 Å². The molecule has 0 unspecified atom stereocenters. The fourth-order valence-electron chi connectivity index (χ4n) is 2.70. The first-order valence-electron chi connectivity index (χ1n) is 8.95. The fourth-order valence-corrected chi connectivity index (χ4v) is 3.94. The van der Waals surface area contributed by atoms with Crippen molar-refractivity contribution in [1.29, 1.82) is 0 Å². The third-order valence-corrected chi connectivity index (χ3v) is 5.98.